The average Bonchev–Trinajstić information content (AvgIpc) is 3.05. The van der Waals surface area contributed by atoms with Gasteiger partial charge in [-0.25, -0.2) is 0 Å². The fourth-order valence-electron chi connectivity index (χ4n) is 2.87. The fraction of sp³-hybridized carbons (Fsp3) is 0.400. The van der Waals surface area contributed by atoms with Crippen molar-refractivity contribution in [2.24, 2.45) is 0 Å². The summed E-state index contributed by atoms with van der Waals surface area (Å²) in [5.41, 5.74) is 2.14. The number of phenols is 1. The molecule has 0 bridgehead atoms. The topological polar surface area (TPSA) is 60.2 Å². The van der Waals surface area contributed by atoms with Crippen LogP contribution in [0.25, 0.3) is 16.7 Å². The molecule has 0 saturated carbocycles. The summed E-state index contributed by atoms with van der Waals surface area (Å²) in [4.78, 5) is 1.46. The first-order chi connectivity index (χ1) is 12.2. The number of hydrogen-bond acceptors (Lipinski definition) is 4. The van der Waals surface area contributed by atoms with Crippen LogP contribution in [-0.4, -0.2) is 26.2 Å². The number of rotatable bonds is 8. The first kappa shape index (κ1) is 17.3. The molecule has 1 unspecified atom stereocenters. The summed E-state index contributed by atoms with van der Waals surface area (Å²) in [7, 11) is 0. The summed E-state index contributed by atoms with van der Waals surface area (Å²) in [5.74, 6) is 0.794. The average molecular weight is 339 g/mol. The molecule has 132 valence electrons. The summed E-state index contributed by atoms with van der Waals surface area (Å²) in [6.07, 6.45) is 5.78. The van der Waals surface area contributed by atoms with E-state index >= 15 is 0 Å². The zero-order valence-electron chi connectivity index (χ0n) is 14.9. The number of unbranched alkanes of at least 4 members (excludes halogenated alkanes) is 2. The highest BCUT2D eigenvalue weighted by Crippen LogP contribution is 2.28. The molecule has 0 aliphatic rings. The summed E-state index contributed by atoms with van der Waals surface area (Å²) >= 11 is 0. The summed E-state index contributed by atoms with van der Waals surface area (Å²) in [6, 6.07) is 12.9. The van der Waals surface area contributed by atoms with Crippen LogP contribution in [0.3, 0.4) is 0 Å². The molecule has 0 radical (unpaired) electrons. The van der Waals surface area contributed by atoms with Gasteiger partial charge in [0.1, 0.15) is 28.2 Å². The molecule has 0 amide bonds. The maximum Gasteiger partial charge on any atom is 0.146 e. The number of ether oxygens (including phenoxy) is 1. The van der Waals surface area contributed by atoms with Crippen LogP contribution in [0, 0.1) is 0 Å². The minimum atomic E-state index is 0.112. The van der Waals surface area contributed by atoms with Gasteiger partial charge in [0.25, 0.3) is 0 Å². The van der Waals surface area contributed by atoms with E-state index in [9.17, 15) is 5.11 Å². The highest BCUT2D eigenvalue weighted by Gasteiger charge is 2.12. The highest BCUT2D eigenvalue weighted by atomic mass is 16.5. The number of aromatic nitrogens is 3. The molecule has 0 aliphatic carbocycles. The molecule has 0 spiro atoms. The Morgan fingerprint density at radius 1 is 1.04 bits per heavy atom. The van der Waals surface area contributed by atoms with Crippen molar-refractivity contribution in [3.63, 3.8) is 0 Å². The molecule has 3 rings (SSSR count). The molecule has 1 atom stereocenters. The Labute approximate surface area is 148 Å². The molecule has 2 aromatic carbocycles. The van der Waals surface area contributed by atoms with E-state index in [1.807, 2.05) is 30.3 Å². The van der Waals surface area contributed by atoms with E-state index in [0.29, 0.717) is 11.4 Å². The Hall–Kier alpha value is -2.56. The summed E-state index contributed by atoms with van der Waals surface area (Å²) in [6.45, 7) is 4.33. The van der Waals surface area contributed by atoms with Gasteiger partial charge in [-0.3, -0.25) is 0 Å². The lowest BCUT2D eigenvalue weighted by molar-refractivity contribution is 0.182. The van der Waals surface area contributed by atoms with Crippen molar-refractivity contribution < 1.29 is 9.84 Å². The van der Waals surface area contributed by atoms with E-state index < -0.39 is 0 Å². The van der Waals surface area contributed by atoms with E-state index in [1.54, 1.807) is 12.1 Å². The van der Waals surface area contributed by atoms with Gasteiger partial charge >= 0.3 is 0 Å². The quantitative estimate of drug-likeness (QED) is 0.595. The zero-order chi connectivity index (χ0) is 17.6. The lowest BCUT2D eigenvalue weighted by Gasteiger charge is -2.18. The number of benzene rings is 2. The molecule has 25 heavy (non-hydrogen) atoms. The fourth-order valence-corrected chi connectivity index (χ4v) is 2.87. The number of aromatic hydroxyl groups is 1. The standard InChI is InChI=1S/C20H25N3O2/c1-3-5-6-9-15(4-2)25-16-12-13-19(20(24)14-16)23-21-17-10-7-8-11-18(17)22-23/h7-8,10-15,24H,3-6,9H2,1-2H3. The second kappa shape index (κ2) is 8.01. The predicted octanol–water partition coefficient (Wildman–Crippen LogP) is 4.86. The second-order valence-electron chi connectivity index (χ2n) is 6.27. The Kier molecular flexibility index (Phi) is 5.53. The lowest BCUT2D eigenvalue weighted by Crippen LogP contribution is -2.15. The first-order valence-corrected chi connectivity index (χ1v) is 9.03. The van der Waals surface area contributed by atoms with Crippen molar-refractivity contribution in [3.8, 4) is 17.2 Å². The zero-order valence-corrected chi connectivity index (χ0v) is 14.9. The van der Waals surface area contributed by atoms with E-state index in [4.69, 9.17) is 4.74 Å². The summed E-state index contributed by atoms with van der Waals surface area (Å²) in [5, 5.41) is 19.2. The van der Waals surface area contributed by atoms with Gasteiger partial charge in [-0.1, -0.05) is 38.8 Å². The predicted molar refractivity (Wildman–Crippen MR) is 99.4 cm³/mol. The maximum absolute atomic E-state index is 10.4. The second-order valence-corrected chi connectivity index (χ2v) is 6.27. The molecule has 1 N–H and O–H groups in total. The Bertz CT molecular complexity index is 796. The monoisotopic (exact) mass is 339 g/mol. The largest absolute Gasteiger partial charge is 0.505 e. The van der Waals surface area contributed by atoms with Crippen LogP contribution < -0.4 is 4.74 Å². The first-order valence-electron chi connectivity index (χ1n) is 9.03. The SMILES string of the molecule is CCCCCC(CC)Oc1ccc(-n2nc3ccccc3n2)c(O)c1. The molecule has 0 fully saturated rings. The minimum Gasteiger partial charge on any atom is -0.505 e. The molecule has 0 saturated heterocycles. The van der Waals surface area contributed by atoms with Gasteiger partial charge in [0.05, 0.1) is 6.10 Å². The van der Waals surface area contributed by atoms with Crippen LogP contribution >= 0.6 is 0 Å². The molecule has 1 aromatic heterocycles. The van der Waals surface area contributed by atoms with Crippen molar-refractivity contribution in [2.45, 2.75) is 52.1 Å². The third-order valence-corrected chi connectivity index (χ3v) is 4.34. The Morgan fingerprint density at radius 2 is 1.76 bits per heavy atom. The van der Waals surface area contributed by atoms with Crippen LogP contribution in [0.2, 0.25) is 0 Å². The number of hydrogen-bond donors (Lipinski definition) is 1. The summed E-state index contributed by atoms with van der Waals surface area (Å²) < 4.78 is 6.03. The van der Waals surface area contributed by atoms with Gasteiger partial charge in [0, 0.05) is 6.07 Å². The van der Waals surface area contributed by atoms with Gasteiger partial charge in [-0.15, -0.1) is 15.0 Å². The van der Waals surface area contributed by atoms with Crippen LogP contribution in [0.5, 0.6) is 11.5 Å². The maximum atomic E-state index is 10.4. The highest BCUT2D eigenvalue weighted by molar-refractivity contribution is 5.73. The Balaban J connectivity index is 1.76. The number of nitrogens with zero attached hydrogens (tertiary/aromatic N) is 3. The van der Waals surface area contributed by atoms with Gasteiger partial charge in [-0.05, 0) is 43.5 Å². The van der Waals surface area contributed by atoms with E-state index in [0.717, 1.165) is 23.9 Å². The smallest absolute Gasteiger partial charge is 0.146 e. The molecule has 5 nitrogen and oxygen atoms in total. The van der Waals surface area contributed by atoms with Crippen molar-refractivity contribution in [1.82, 2.24) is 15.0 Å². The minimum absolute atomic E-state index is 0.112. The van der Waals surface area contributed by atoms with Crippen LogP contribution in [0.1, 0.15) is 46.0 Å². The van der Waals surface area contributed by atoms with E-state index in [2.05, 4.69) is 24.0 Å². The number of fused-ring (bicyclic) bond motifs is 1. The third-order valence-electron chi connectivity index (χ3n) is 4.34. The van der Waals surface area contributed by atoms with Gasteiger partial charge in [-0.2, -0.15) is 0 Å². The van der Waals surface area contributed by atoms with Crippen LogP contribution in [0.4, 0.5) is 0 Å². The van der Waals surface area contributed by atoms with Crippen molar-refractivity contribution in [2.75, 3.05) is 0 Å². The third kappa shape index (κ3) is 4.10. The molecule has 1 heterocycles. The van der Waals surface area contributed by atoms with Crippen molar-refractivity contribution in [3.05, 3.63) is 42.5 Å². The van der Waals surface area contributed by atoms with Crippen LogP contribution in [-0.2, 0) is 0 Å². The van der Waals surface area contributed by atoms with Gasteiger partial charge in [0.15, 0.2) is 0 Å². The lowest BCUT2D eigenvalue weighted by atomic mass is 10.1. The number of phenolic OH excluding ortho intramolecular Hbond substituents is 1. The molecule has 0 aliphatic heterocycles. The van der Waals surface area contributed by atoms with E-state index in [-0.39, 0.29) is 11.9 Å². The van der Waals surface area contributed by atoms with Crippen LogP contribution in [0.15, 0.2) is 42.5 Å². The normalized spacial score (nSPS) is 12.4. The Morgan fingerprint density at radius 3 is 2.36 bits per heavy atom. The van der Waals surface area contributed by atoms with Crippen molar-refractivity contribution >= 4 is 11.0 Å². The van der Waals surface area contributed by atoms with E-state index in [1.165, 1.54) is 24.1 Å². The van der Waals surface area contributed by atoms with Gasteiger partial charge in [0.2, 0.25) is 0 Å². The molecular weight excluding hydrogens is 314 g/mol. The molecular formula is C20H25N3O2. The molecule has 5 heteroatoms. The van der Waals surface area contributed by atoms with Crippen molar-refractivity contribution in [1.29, 1.82) is 0 Å². The molecule has 3 aromatic rings. The van der Waals surface area contributed by atoms with Gasteiger partial charge < -0.3 is 9.84 Å².